The number of fused-ring (bicyclic) bond motifs is 1. The number of aromatic nitrogens is 2. The summed E-state index contributed by atoms with van der Waals surface area (Å²) in [4.78, 5) is 15.0. The average molecular weight is 347 g/mol. The van der Waals surface area contributed by atoms with E-state index >= 15 is 0 Å². The Hall–Kier alpha value is -1.85. The van der Waals surface area contributed by atoms with Crippen molar-refractivity contribution >= 4 is 18.3 Å². The van der Waals surface area contributed by atoms with E-state index in [2.05, 4.69) is 12.2 Å². The fourth-order valence-electron chi connectivity index (χ4n) is 3.67. The number of halogens is 1. The zero-order valence-corrected chi connectivity index (χ0v) is 14.7. The number of carbonyl (C=O) groups excluding carboxylic acids is 1. The van der Waals surface area contributed by atoms with Gasteiger partial charge in [0.15, 0.2) is 5.69 Å². The van der Waals surface area contributed by atoms with Gasteiger partial charge >= 0.3 is 0 Å². The highest BCUT2D eigenvalue weighted by molar-refractivity contribution is 5.94. The molecule has 1 amide bonds. The second-order valence-electron chi connectivity index (χ2n) is 6.43. The summed E-state index contributed by atoms with van der Waals surface area (Å²) in [6, 6.07) is 10.3. The second-order valence-corrected chi connectivity index (χ2v) is 6.43. The molecule has 128 valence electrons. The molecule has 5 nitrogen and oxygen atoms in total. The van der Waals surface area contributed by atoms with Crippen LogP contribution in [-0.2, 0) is 12.8 Å². The molecule has 0 unspecified atom stereocenters. The Labute approximate surface area is 148 Å². The quantitative estimate of drug-likeness (QED) is 0.907. The number of benzene rings is 1. The molecule has 2 aromatic rings. The van der Waals surface area contributed by atoms with Crippen molar-refractivity contribution in [1.29, 1.82) is 0 Å². The van der Waals surface area contributed by atoms with Crippen LogP contribution in [0.15, 0.2) is 30.3 Å². The van der Waals surface area contributed by atoms with Gasteiger partial charge in [-0.3, -0.25) is 4.79 Å². The first-order valence-electron chi connectivity index (χ1n) is 8.43. The van der Waals surface area contributed by atoms with E-state index in [0.29, 0.717) is 5.69 Å². The standard InChI is InChI=1S/C18H22N4O.ClH/c1-13-12-19-10-11-21(13)18(23)17-15-8-5-9-16(15)22(20-17)14-6-3-2-4-7-14;/h2-4,6-7,13,19H,5,8-12H2,1H3;1H/t13-;/m0./s1. The van der Waals surface area contributed by atoms with Gasteiger partial charge in [-0.1, -0.05) is 18.2 Å². The van der Waals surface area contributed by atoms with Crippen LogP contribution in [-0.4, -0.2) is 46.3 Å². The fraction of sp³-hybridized carbons (Fsp3) is 0.444. The summed E-state index contributed by atoms with van der Waals surface area (Å²) in [5.74, 6) is 0.0897. The zero-order valence-electron chi connectivity index (χ0n) is 13.9. The average Bonchev–Trinajstić information content (AvgIpc) is 3.18. The van der Waals surface area contributed by atoms with Gasteiger partial charge in [0.2, 0.25) is 0 Å². The number of carbonyl (C=O) groups is 1. The predicted molar refractivity (Wildman–Crippen MR) is 96.2 cm³/mol. The lowest BCUT2D eigenvalue weighted by atomic mass is 10.1. The largest absolute Gasteiger partial charge is 0.332 e. The summed E-state index contributed by atoms with van der Waals surface area (Å²) >= 11 is 0. The van der Waals surface area contributed by atoms with Gasteiger partial charge in [-0.25, -0.2) is 4.68 Å². The first-order chi connectivity index (χ1) is 11.3. The Morgan fingerprint density at radius 1 is 1.25 bits per heavy atom. The maximum atomic E-state index is 13.0. The van der Waals surface area contributed by atoms with Crippen molar-refractivity contribution in [2.45, 2.75) is 32.2 Å². The van der Waals surface area contributed by atoms with Crippen molar-refractivity contribution in [2.24, 2.45) is 0 Å². The van der Waals surface area contributed by atoms with E-state index in [9.17, 15) is 4.79 Å². The van der Waals surface area contributed by atoms with Gasteiger partial charge in [0.1, 0.15) is 0 Å². The molecule has 1 aromatic carbocycles. The molecule has 1 aliphatic heterocycles. The predicted octanol–water partition coefficient (Wildman–Crippen LogP) is 2.22. The molecule has 2 aliphatic rings. The van der Waals surface area contributed by atoms with E-state index in [1.807, 2.05) is 39.9 Å². The molecule has 1 aromatic heterocycles. The normalized spacial score (nSPS) is 19.7. The Bertz CT molecular complexity index is 728. The molecule has 1 fully saturated rings. The van der Waals surface area contributed by atoms with Crippen molar-refractivity contribution < 1.29 is 4.79 Å². The van der Waals surface area contributed by atoms with Gasteiger partial charge < -0.3 is 10.2 Å². The topological polar surface area (TPSA) is 50.2 Å². The molecule has 0 saturated carbocycles. The molecule has 0 bridgehead atoms. The zero-order chi connectivity index (χ0) is 15.8. The van der Waals surface area contributed by atoms with Crippen LogP contribution in [0.3, 0.4) is 0 Å². The van der Waals surface area contributed by atoms with Gasteiger partial charge in [-0.05, 0) is 38.3 Å². The number of nitrogens with zero attached hydrogens (tertiary/aromatic N) is 3. The summed E-state index contributed by atoms with van der Waals surface area (Å²) in [7, 11) is 0. The summed E-state index contributed by atoms with van der Waals surface area (Å²) in [6.07, 6.45) is 3.07. The first kappa shape index (κ1) is 17.0. The molecular weight excluding hydrogens is 324 g/mol. The van der Waals surface area contributed by atoms with Gasteiger partial charge in [0.25, 0.3) is 5.91 Å². The molecule has 1 N–H and O–H groups in total. The molecule has 1 saturated heterocycles. The third-order valence-corrected chi connectivity index (χ3v) is 4.90. The number of nitrogens with one attached hydrogen (secondary N) is 1. The monoisotopic (exact) mass is 346 g/mol. The molecule has 0 spiro atoms. The second kappa shape index (κ2) is 6.95. The molecular formula is C18H23ClN4O. The molecule has 6 heteroatoms. The van der Waals surface area contributed by atoms with Crippen LogP contribution in [0.4, 0.5) is 0 Å². The smallest absolute Gasteiger partial charge is 0.274 e. The Balaban J connectivity index is 0.00000169. The lowest BCUT2D eigenvalue weighted by molar-refractivity contribution is 0.0648. The van der Waals surface area contributed by atoms with Crippen LogP contribution < -0.4 is 5.32 Å². The summed E-state index contributed by atoms with van der Waals surface area (Å²) in [5, 5.41) is 8.05. The van der Waals surface area contributed by atoms with Crippen LogP contribution in [0.5, 0.6) is 0 Å². The number of hydrogen-bond donors (Lipinski definition) is 1. The maximum Gasteiger partial charge on any atom is 0.274 e. The van der Waals surface area contributed by atoms with Crippen molar-refractivity contribution in [3.8, 4) is 5.69 Å². The van der Waals surface area contributed by atoms with Crippen LogP contribution in [0.25, 0.3) is 5.69 Å². The molecule has 24 heavy (non-hydrogen) atoms. The molecule has 1 atom stereocenters. The van der Waals surface area contributed by atoms with Crippen molar-refractivity contribution in [2.75, 3.05) is 19.6 Å². The van der Waals surface area contributed by atoms with Gasteiger partial charge in [-0.2, -0.15) is 5.10 Å². The minimum absolute atomic E-state index is 0. The van der Waals surface area contributed by atoms with Crippen LogP contribution in [0.1, 0.15) is 35.1 Å². The summed E-state index contributed by atoms with van der Waals surface area (Å²) < 4.78 is 1.97. The van der Waals surface area contributed by atoms with Gasteiger partial charge in [-0.15, -0.1) is 12.4 Å². The van der Waals surface area contributed by atoms with Gasteiger partial charge in [0.05, 0.1) is 5.69 Å². The highest BCUT2D eigenvalue weighted by Gasteiger charge is 2.32. The summed E-state index contributed by atoms with van der Waals surface area (Å²) in [6.45, 7) is 4.57. The molecule has 1 aliphatic carbocycles. The maximum absolute atomic E-state index is 13.0. The Kier molecular flexibility index (Phi) is 4.92. The molecule has 0 radical (unpaired) electrons. The van der Waals surface area contributed by atoms with Crippen molar-refractivity contribution in [3.05, 3.63) is 47.3 Å². The van der Waals surface area contributed by atoms with E-state index in [4.69, 9.17) is 5.10 Å². The fourth-order valence-corrected chi connectivity index (χ4v) is 3.67. The van der Waals surface area contributed by atoms with Crippen LogP contribution >= 0.6 is 12.4 Å². The van der Waals surface area contributed by atoms with E-state index < -0.39 is 0 Å². The van der Waals surface area contributed by atoms with E-state index in [1.54, 1.807) is 0 Å². The van der Waals surface area contributed by atoms with Gasteiger partial charge in [0, 0.05) is 36.9 Å². The Morgan fingerprint density at radius 2 is 2.04 bits per heavy atom. The van der Waals surface area contributed by atoms with Crippen LogP contribution in [0.2, 0.25) is 0 Å². The summed E-state index contributed by atoms with van der Waals surface area (Å²) in [5.41, 5.74) is 4.07. The lowest BCUT2D eigenvalue weighted by Crippen LogP contribution is -2.52. The van der Waals surface area contributed by atoms with Crippen LogP contribution in [0, 0.1) is 0 Å². The molecule has 4 rings (SSSR count). The number of hydrogen-bond acceptors (Lipinski definition) is 3. The number of rotatable bonds is 2. The highest BCUT2D eigenvalue weighted by atomic mass is 35.5. The van der Waals surface area contributed by atoms with Crippen molar-refractivity contribution in [1.82, 2.24) is 20.0 Å². The van der Waals surface area contributed by atoms with E-state index in [1.165, 1.54) is 5.69 Å². The first-order valence-corrected chi connectivity index (χ1v) is 8.43. The number of para-hydroxylation sites is 1. The third-order valence-electron chi connectivity index (χ3n) is 4.90. The highest BCUT2D eigenvalue weighted by Crippen LogP contribution is 2.29. The third kappa shape index (κ3) is 2.82. The minimum atomic E-state index is 0. The number of piperazine rings is 1. The van der Waals surface area contributed by atoms with E-state index in [0.717, 1.165) is 50.1 Å². The Morgan fingerprint density at radius 3 is 2.79 bits per heavy atom. The number of amides is 1. The minimum Gasteiger partial charge on any atom is -0.332 e. The van der Waals surface area contributed by atoms with E-state index in [-0.39, 0.29) is 24.4 Å². The molecule has 2 heterocycles. The van der Waals surface area contributed by atoms with Crippen molar-refractivity contribution in [3.63, 3.8) is 0 Å². The SMILES string of the molecule is C[C@H]1CNCCN1C(=O)c1nn(-c2ccccc2)c2c1CCC2.Cl. The lowest BCUT2D eigenvalue weighted by Gasteiger charge is -2.33.